The Morgan fingerprint density at radius 2 is 0.609 bits per heavy atom. The predicted molar refractivity (Wildman–Crippen MR) is 274 cm³/mol. The Labute approximate surface area is 392 Å². The quantitative estimate of drug-likeness (QED) is 0.0262. The van der Waals surface area contributed by atoms with Gasteiger partial charge in [0.25, 0.3) is 0 Å². The van der Waals surface area contributed by atoms with E-state index < -0.39 is 6.10 Å². The van der Waals surface area contributed by atoms with Crippen LogP contribution in [0.15, 0.2) is 122 Å². The van der Waals surface area contributed by atoms with Crippen molar-refractivity contribution in [3.63, 3.8) is 0 Å². The molecule has 1 unspecified atom stereocenters. The van der Waals surface area contributed by atoms with E-state index in [0.717, 1.165) is 83.5 Å². The topological polar surface area (TPSA) is 78.9 Å². The Morgan fingerprint density at radius 1 is 0.328 bits per heavy atom. The van der Waals surface area contributed by atoms with Crippen molar-refractivity contribution in [3.8, 4) is 0 Å². The zero-order valence-corrected chi connectivity index (χ0v) is 41.0. The lowest BCUT2D eigenvalue weighted by molar-refractivity contribution is -0.167. The number of carbonyl (C=O) groups is 3. The average molecular weight is 885 g/mol. The summed E-state index contributed by atoms with van der Waals surface area (Å²) in [7, 11) is 0. The van der Waals surface area contributed by atoms with Crippen LogP contribution in [0.5, 0.6) is 0 Å². The fourth-order valence-corrected chi connectivity index (χ4v) is 6.66. The number of carbonyl (C=O) groups excluding carboxylic acids is 3. The third-order valence-corrected chi connectivity index (χ3v) is 10.5. The van der Waals surface area contributed by atoms with Gasteiger partial charge in [-0.25, -0.2) is 0 Å². The molecule has 0 fully saturated rings. The summed E-state index contributed by atoms with van der Waals surface area (Å²) in [5, 5.41) is 0. The minimum atomic E-state index is -0.814. The van der Waals surface area contributed by atoms with Crippen molar-refractivity contribution in [3.05, 3.63) is 122 Å². The second-order valence-corrected chi connectivity index (χ2v) is 16.6. The molecule has 0 radical (unpaired) electrons. The minimum Gasteiger partial charge on any atom is -0.462 e. The van der Waals surface area contributed by atoms with Crippen LogP contribution in [-0.2, 0) is 28.6 Å². The molecule has 0 aromatic rings. The summed E-state index contributed by atoms with van der Waals surface area (Å²) in [4.78, 5) is 38.0. The van der Waals surface area contributed by atoms with Crippen molar-refractivity contribution in [1.29, 1.82) is 0 Å². The van der Waals surface area contributed by atoms with Crippen molar-refractivity contribution in [2.24, 2.45) is 0 Å². The maximum absolute atomic E-state index is 12.8. The van der Waals surface area contributed by atoms with Gasteiger partial charge in [-0.15, -0.1) is 0 Å². The zero-order chi connectivity index (χ0) is 46.5. The van der Waals surface area contributed by atoms with Gasteiger partial charge in [0.05, 0.1) is 0 Å². The van der Waals surface area contributed by atoms with Gasteiger partial charge in [0, 0.05) is 19.3 Å². The number of hydrogen-bond acceptors (Lipinski definition) is 6. The Kier molecular flexibility index (Phi) is 48.1. The lowest BCUT2D eigenvalue weighted by Crippen LogP contribution is -2.30. The van der Waals surface area contributed by atoms with Crippen molar-refractivity contribution >= 4 is 17.9 Å². The molecular weight excluding hydrogens is 793 g/mol. The number of esters is 3. The van der Waals surface area contributed by atoms with Gasteiger partial charge in [-0.2, -0.15) is 0 Å². The highest BCUT2D eigenvalue weighted by Crippen LogP contribution is 2.15. The van der Waals surface area contributed by atoms with Crippen LogP contribution in [0, 0.1) is 0 Å². The third kappa shape index (κ3) is 48.8. The average Bonchev–Trinajstić information content (AvgIpc) is 3.29. The standard InChI is InChI=1S/C58H92O6/c1-4-7-10-13-16-19-22-25-27-29-31-33-36-39-42-45-48-51-57(60)63-54-55(53-62-56(59)50-47-44-41-38-35-32-24-21-18-15-12-9-6-3)64-58(61)52-49-46-43-40-37-34-30-28-26-23-20-17-14-11-8-5-2/h7,9-10,12-13,15-16,18-19,21-22,24-25,27,29,31-33,35-36,55H,4-6,8,11,14,17,20,23,26,28,30,34,37-54H2,1-3H3/b10-7-,12-9-,16-13-,18-15-,22-19-,24-21-,27-25-,31-29+,35-32-,36-33-. The van der Waals surface area contributed by atoms with Crippen LogP contribution in [0.4, 0.5) is 0 Å². The van der Waals surface area contributed by atoms with E-state index in [9.17, 15) is 14.4 Å². The van der Waals surface area contributed by atoms with E-state index in [4.69, 9.17) is 14.2 Å². The molecule has 0 aliphatic carbocycles. The van der Waals surface area contributed by atoms with Crippen LogP contribution in [0.3, 0.4) is 0 Å². The molecule has 0 spiro atoms. The summed E-state index contributed by atoms with van der Waals surface area (Å²) in [6.45, 7) is 6.27. The Bertz CT molecular complexity index is 1390. The minimum absolute atomic E-state index is 0.115. The molecule has 0 aliphatic rings. The molecule has 6 heteroatoms. The van der Waals surface area contributed by atoms with E-state index in [1.54, 1.807) is 0 Å². The second kappa shape index (κ2) is 51.4. The molecule has 0 aromatic heterocycles. The normalized spacial score (nSPS) is 13.1. The molecule has 0 heterocycles. The highest BCUT2D eigenvalue weighted by molar-refractivity contribution is 5.71. The van der Waals surface area contributed by atoms with Crippen molar-refractivity contribution in [2.75, 3.05) is 13.2 Å². The maximum Gasteiger partial charge on any atom is 0.306 e. The van der Waals surface area contributed by atoms with Crippen LogP contribution >= 0.6 is 0 Å². The monoisotopic (exact) mass is 885 g/mol. The second-order valence-electron chi connectivity index (χ2n) is 16.6. The first kappa shape index (κ1) is 59.8. The molecule has 64 heavy (non-hydrogen) atoms. The van der Waals surface area contributed by atoms with E-state index >= 15 is 0 Å². The highest BCUT2D eigenvalue weighted by atomic mass is 16.6. The summed E-state index contributed by atoms with van der Waals surface area (Å²) in [5.41, 5.74) is 0. The van der Waals surface area contributed by atoms with E-state index in [1.165, 1.54) is 83.5 Å². The summed E-state index contributed by atoms with van der Waals surface area (Å²) >= 11 is 0. The van der Waals surface area contributed by atoms with E-state index in [2.05, 4.69) is 45.1 Å². The summed E-state index contributed by atoms with van der Waals surface area (Å²) in [6.07, 6.45) is 70.4. The van der Waals surface area contributed by atoms with Crippen molar-refractivity contribution < 1.29 is 28.6 Å². The van der Waals surface area contributed by atoms with Crippen LogP contribution < -0.4 is 0 Å². The number of rotatable bonds is 44. The summed E-state index contributed by atoms with van der Waals surface area (Å²) in [6, 6.07) is 0. The van der Waals surface area contributed by atoms with Crippen LogP contribution in [0.25, 0.3) is 0 Å². The maximum atomic E-state index is 12.8. The Balaban J connectivity index is 4.54. The van der Waals surface area contributed by atoms with Crippen molar-refractivity contribution in [1.82, 2.24) is 0 Å². The smallest absolute Gasteiger partial charge is 0.306 e. The molecule has 0 bridgehead atoms. The first-order chi connectivity index (χ1) is 31.5. The molecule has 0 saturated heterocycles. The van der Waals surface area contributed by atoms with Crippen molar-refractivity contribution in [2.45, 2.75) is 213 Å². The molecule has 6 nitrogen and oxygen atoms in total. The van der Waals surface area contributed by atoms with Gasteiger partial charge >= 0.3 is 17.9 Å². The van der Waals surface area contributed by atoms with E-state index in [0.29, 0.717) is 19.3 Å². The molecule has 0 aromatic carbocycles. The Morgan fingerprint density at radius 3 is 0.953 bits per heavy atom. The van der Waals surface area contributed by atoms with Crippen LogP contribution in [0.2, 0.25) is 0 Å². The number of allylic oxidation sites excluding steroid dienone is 20. The first-order valence-corrected chi connectivity index (χ1v) is 25.7. The number of hydrogen-bond donors (Lipinski definition) is 0. The molecule has 0 rings (SSSR count). The lowest BCUT2D eigenvalue weighted by atomic mass is 10.0. The fraction of sp³-hybridized carbons (Fsp3) is 0.603. The first-order valence-electron chi connectivity index (χ1n) is 25.7. The number of unbranched alkanes of at least 4 members (excludes halogenated alkanes) is 21. The van der Waals surface area contributed by atoms with Crippen LogP contribution in [0.1, 0.15) is 207 Å². The molecule has 0 amide bonds. The summed E-state index contributed by atoms with van der Waals surface area (Å²) < 4.78 is 16.7. The van der Waals surface area contributed by atoms with Gasteiger partial charge in [0.1, 0.15) is 13.2 Å². The molecular formula is C58H92O6. The fourth-order valence-electron chi connectivity index (χ4n) is 6.66. The van der Waals surface area contributed by atoms with E-state index in [-0.39, 0.29) is 31.1 Å². The van der Waals surface area contributed by atoms with Crippen LogP contribution in [-0.4, -0.2) is 37.2 Å². The third-order valence-electron chi connectivity index (χ3n) is 10.5. The van der Waals surface area contributed by atoms with E-state index in [1.807, 2.05) is 97.2 Å². The lowest BCUT2D eigenvalue weighted by Gasteiger charge is -2.18. The number of ether oxygens (including phenoxy) is 3. The molecule has 0 N–H and O–H groups in total. The summed E-state index contributed by atoms with van der Waals surface area (Å²) in [5.74, 6) is -0.999. The van der Waals surface area contributed by atoms with Gasteiger partial charge in [-0.05, 0) is 57.8 Å². The molecule has 0 aliphatic heterocycles. The molecule has 1 atom stereocenters. The van der Waals surface area contributed by atoms with Gasteiger partial charge in [-0.1, -0.05) is 251 Å². The van der Waals surface area contributed by atoms with Gasteiger partial charge < -0.3 is 14.2 Å². The van der Waals surface area contributed by atoms with Gasteiger partial charge in [0.2, 0.25) is 0 Å². The SMILES string of the molecule is CC\C=C/C=C\C=C/C=C\C=C\C=C/CCCCCC(=O)OCC(COC(=O)CCCCC\C=C/C=C\C=C/C=C\CC)OC(=O)CCCCCCCCCCCCCCCCCC. The molecule has 360 valence electrons. The largest absolute Gasteiger partial charge is 0.462 e. The highest BCUT2D eigenvalue weighted by Gasteiger charge is 2.19. The molecule has 0 saturated carbocycles. The predicted octanol–water partition coefficient (Wildman–Crippen LogP) is 16.9. The van der Waals surface area contributed by atoms with Gasteiger partial charge in [-0.3, -0.25) is 14.4 Å². The Hall–Kier alpha value is -4.19. The zero-order valence-electron chi connectivity index (χ0n) is 41.0. The van der Waals surface area contributed by atoms with Gasteiger partial charge in [0.15, 0.2) is 6.10 Å².